The van der Waals surface area contributed by atoms with Gasteiger partial charge in [0.15, 0.2) is 5.13 Å². The number of aryl methyl sites for hydroxylation is 1. The van der Waals surface area contributed by atoms with Crippen molar-refractivity contribution in [2.24, 2.45) is 0 Å². The maximum atomic E-state index is 13.4. The van der Waals surface area contributed by atoms with Crippen LogP contribution >= 0.6 is 11.3 Å². The molecule has 0 radical (unpaired) electrons. The highest BCUT2D eigenvalue weighted by Crippen LogP contribution is 2.41. The molecule has 1 unspecified atom stereocenters. The molecule has 2 aromatic carbocycles. The van der Waals surface area contributed by atoms with Crippen molar-refractivity contribution in [3.63, 3.8) is 0 Å². The fourth-order valence-electron chi connectivity index (χ4n) is 4.19. The van der Waals surface area contributed by atoms with E-state index in [1.165, 1.54) is 23.5 Å². The van der Waals surface area contributed by atoms with Crippen LogP contribution in [-0.2, 0) is 6.42 Å². The molecular weight excluding hydrogens is 435 g/mol. The molecule has 1 aliphatic rings. The Balaban J connectivity index is 1.35. The number of hydrogen-bond donors (Lipinski definition) is 2. The van der Waals surface area contributed by atoms with E-state index in [-0.39, 0.29) is 5.82 Å². The Morgan fingerprint density at radius 2 is 2.03 bits per heavy atom. The van der Waals surface area contributed by atoms with Crippen LogP contribution in [-0.4, -0.2) is 23.1 Å². The topological polar surface area (TPSA) is 73.1 Å². The molecule has 3 N–H and O–H groups in total. The summed E-state index contributed by atoms with van der Waals surface area (Å²) < 4.78 is 20.4. The minimum Gasteiger partial charge on any atom is -0.490 e. The molecule has 1 atom stereocenters. The van der Waals surface area contributed by atoms with Crippen molar-refractivity contribution in [3.8, 4) is 17.0 Å². The van der Waals surface area contributed by atoms with Gasteiger partial charge in [0, 0.05) is 41.4 Å². The fraction of sp³-hybridized carbons (Fsp3) is 0.231. The van der Waals surface area contributed by atoms with Gasteiger partial charge in [-0.1, -0.05) is 24.8 Å². The standard InChI is InChI=1S/C26H25FN4OS/c1-14-10-18(11-22-23(14)31-26(28)33-22)16(3)29-9-8-20-12-21-15(2)13-32-25(21)24(30-20)17-4-6-19(27)7-5-17/h4-7,10-12,15,29H,3,8-9,13H2,1-2H3,(H2,28,31). The summed E-state index contributed by atoms with van der Waals surface area (Å²) in [4.78, 5) is 9.26. The van der Waals surface area contributed by atoms with Gasteiger partial charge in [0.25, 0.3) is 0 Å². The van der Waals surface area contributed by atoms with E-state index >= 15 is 0 Å². The van der Waals surface area contributed by atoms with Gasteiger partial charge in [-0.3, -0.25) is 0 Å². The first kappa shape index (κ1) is 21.4. The van der Waals surface area contributed by atoms with E-state index in [4.69, 9.17) is 15.5 Å². The van der Waals surface area contributed by atoms with Crippen molar-refractivity contribution in [2.45, 2.75) is 26.2 Å². The van der Waals surface area contributed by atoms with E-state index in [1.807, 2.05) is 6.92 Å². The van der Waals surface area contributed by atoms with Gasteiger partial charge in [-0.15, -0.1) is 0 Å². The van der Waals surface area contributed by atoms with Gasteiger partial charge in [-0.25, -0.2) is 14.4 Å². The van der Waals surface area contributed by atoms with Crippen LogP contribution in [0.15, 0.2) is 49.0 Å². The molecule has 0 aliphatic carbocycles. The van der Waals surface area contributed by atoms with Crippen molar-refractivity contribution >= 4 is 32.4 Å². The highest BCUT2D eigenvalue weighted by Gasteiger charge is 2.26. The maximum Gasteiger partial charge on any atom is 0.181 e. The normalized spacial score (nSPS) is 14.8. The average Bonchev–Trinajstić information content (AvgIpc) is 3.36. The van der Waals surface area contributed by atoms with E-state index in [0.29, 0.717) is 24.2 Å². The summed E-state index contributed by atoms with van der Waals surface area (Å²) in [6.45, 7) is 9.72. The Bertz CT molecular complexity index is 1360. The lowest BCUT2D eigenvalue weighted by Crippen LogP contribution is -2.16. The van der Waals surface area contributed by atoms with Gasteiger partial charge in [0.05, 0.1) is 16.8 Å². The summed E-state index contributed by atoms with van der Waals surface area (Å²) in [5, 5.41) is 4.00. The van der Waals surface area contributed by atoms with E-state index in [2.05, 4.69) is 42.0 Å². The molecule has 0 spiro atoms. The molecule has 0 fully saturated rings. The van der Waals surface area contributed by atoms with Crippen molar-refractivity contribution in [3.05, 3.63) is 77.2 Å². The number of benzene rings is 2. The Labute approximate surface area is 196 Å². The largest absolute Gasteiger partial charge is 0.490 e. The highest BCUT2D eigenvalue weighted by atomic mass is 32.1. The molecular formula is C26H25FN4OS. The number of aromatic nitrogens is 2. The number of nitrogens with one attached hydrogen (secondary N) is 1. The number of pyridine rings is 1. The molecule has 5 rings (SSSR count). The molecule has 5 nitrogen and oxygen atoms in total. The minimum atomic E-state index is -0.266. The van der Waals surface area contributed by atoms with Crippen LogP contribution in [0, 0.1) is 12.7 Å². The number of halogens is 1. The van der Waals surface area contributed by atoms with Gasteiger partial charge in [0.1, 0.15) is 17.3 Å². The summed E-state index contributed by atoms with van der Waals surface area (Å²) in [6, 6.07) is 12.7. The summed E-state index contributed by atoms with van der Waals surface area (Å²) in [7, 11) is 0. The van der Waals surface area contributed by atoms with E-state index < -0.39 is 0 Å². The van der Waals surface area contributed by atoms with Crippen molar-refractivity contribution < 1.29 is 9.13 Å². The van der Waals surface area contributed by atoms with Gasteiger partial charge in [0.2, 0.25) is 0 Å². The van der Waals surface area contributed by atoms with Crippen molar-refractivity contribution in [1.82, 2.24) is 15.3 Å². The summed E-state index contributed by atoms with van der Waals surface area (Å²) in [5.41, 5.74) is 13.5. The fourth-order valence-corrected chi connectivity index (χ4v) is 5.04. The minimum absolute atomic E-state index is 0.266. The third-order valence-electron chi connectivity index (χ3n) is 5.95. The zero-order valence-corrected chi connectivity index (χ0v) is 19.4. The monoisotopic (exact) mass is 460 g/mol. The summed E-state index contributed by atoms with van der Waals surface area (Å²) >= 11 is 1.48. The first-order chi connectivity index (χ1) is 15.9. The second-order valence-corrected chi connectivity index (χ2v) is 9.51. The van der Waals surface area contributed by atoms with Gasteiger partial charge in [-0.2, -0.15) is 0 Å². The van der Waals surface area contributed by atoms with Gasteiger partial charge >= 0.3 is 0 Å². The smallest absolute Gasteiger partial charge is 0.181 e. The molecule has 4 aromatic rings. The Hall–Kier alpha value is -3.45. The molecule has 0 amide bonds. The maximum absolute atomic E-state index is 13.4. The Kier molecular flexibility index (Phi) is 5.50. The predicted octanol–water partition coefficient (Wildman–Crippen LogP) is 5.69. The van der Waals surface area contributed by atoms with Gasteiger partial charge in [-0.05, 0) is 60.5 Å². The number of ether oxygens (including phenoxy) is 1. The number of nitrogens with two attached hydrogens (primary N) is 1. The molecule has 33 heavy (non-hydrogen) atoms. The average molecular weight is 461 g/mol. The highest BCUT2D eigenvalue weighted by molar-refractivity contribution is 7.22. The van der Waals surface area contributed by atoms with Crippen molar-refractivity contribution in [2.75, 3.05) is 18.9 Å². The van der Waals surface area contributed by atoms with Crippen molar-refractivity contribution in [1.29, 1.82) is 0 Å². The lowest BCUT2D eigenvalue weighted by atomic mass is 9.99. The van der Waals surface area contributed by atoms with Crippen LogP contribution in [0.5, 0.6) is 5.75 Å². The molecule has 1 aliphatic heterocycles. The zero-order valence-electron chi connectivity index (χ0n) is 18.6. The van der Waals surface area contributed by atoms with Crippen LogP contribution in [0.4, 0.5) is 9.52 Å². The number of rotatable bonds is 6. The Morgan fingerprint density at radius 3 is 2.82 bits per heavy atom. The van der Waals surface area contributed by atoms with E-state index in [9.17, 15) is 4.39 Å². The number of nitrogen functional groups attached to an aromatic ring is 1. The van der Waals surface area contributed by atoms with Crippen LogP contribution in [0.1, 0.15) is 35.2 Å². The predicted molar refractivity (Wildman–Crippen MR) is 133 cm³/mol. The first-order valence-electron chi connectivity index (χ1n) is 10.9. The number of thiazole rings is 1. The van der Waals surface area contributed by atoms with E-state index in [0.717, 1.165) is 61.7 Å². The SMILES string of the molecule is C=C(NCCc1cc2c(c(-c3ccc(F)cc3)n1)OCC2C)c1cc(C)c2nc(N)sc2c1. The molecule has 0 bridgehead atoms. The molecule has 7 heteroatoms. The van der Waals surface area contributed by atoms with Crippen LogP contribution < -0.4 is 15.8 Å². The number of fused-ring (bicyclic) bond motifs is 2. The van der Waals surface area contributed by atoms with Gasteiger partial charge < -0.3 is 15.8 Å². The lowest BCUT2D eigenvalue weighted by molar-refractivity contribution is 0.337. The first-order valence-corrected chi connectivity index (χ1v) is 11.7. The zero-order chi connectivity index (χ0) is 23.1. The third-order valence-corrected chi connectivity index (χ3v) is 6.78. The van der Waals surface area contributed by atoms with E-state index in [1.54, 1.807) is 12.1 Å². The third kappa shape index (κ3) is 4.16. The van der Waals surface area contributed by atoms with Crippen LogP contribution in [0.3, 0.4) is 0 Å². The summed E-state index contributed by atoms with van der Waals surface area (Å²) in [6.07, 6.45) is 0.724. The lowest BCUT2D eigenvalue weighted by Gasteiger charge is -2.13. The van der Waals surface area contributed by atoms with Crippen LogP contribution in [0.2, 0.25) is 0 Å². The number of hydrogen-bond acceptors (Lipinski definition) is 6. The number of anilines is 1. The Morgan fingerprint density at radius 1 is 1.24 bits per heavy atom. The van der Waals surface area contributed by atoms with Crippen LogP contribution in [0.25, 0.3) is 27.2 Å². The second-order valence-electron chi connectivity index (χ2n) is 8.45. The number of nitrogens with zero attached hydrogens (tertiary/aromatic N) is 2. The molecule has 168 valence electrons. The molecule has 2 aromatic heterocycles. The second kappa shape index (κ2) is 8.48. The molecule has 0 saturated heterocycles. The molecule has 3 heterocycles. The summed E-state index contributed by atoms with van der Waals surface area (Å²) in [5.74, 6) is 0.839. The molecule has 0 saturated carbocycles. The quantitative estimate of drug-likeness (QED) is 0.387.